The van der Waals surface area contributed by atoms with Crippen LogP contribution in [0.15, 0.2) is 0 Å². The first-order valence-electron chi connectivity index (χ1n) is 6.26. The van der Waals surface area contributed by atoms with Crippen LogP contribution in [0.25, 0.3) is 0 Å². The van der Waals surface area contributed by atoms with Crippen LogP contribution in [-0.2, 0) is 25.5 Å². The van der Waals surface area contributed by atoms with E-state index in [1.54, 1.807) is 20.7 Å². The number of hydrogen-bond donors (Lipinski definition) is 1. The van der Waals surface area contributed by atoms with E-state index >= 15 is 0 Å². The van der Waals surface area contributed by atoms with E-state index in [2.05, 4.69) is 10.7 Å². The average molecular weight is 317 g/mol. The number of carbonyl (C=O) groups excluding carboxylic acids is 1. The Labute approximate surface area is 131 Å². The fourth-order valence-electron chi connectivity index (χ4n) is 1.66. The number of nitrogens with one attached hydrogen (secondary N) is 1. The van der Waals surface area contributed by atoms with Gasteiger partial charge in [0.05, 0.1) is 0 Å². The summed E-state index contributed by atoms with van der Waals surface area (Å²) < 4.78 is 2.65. The molecular formula is C12H24Cl2NOTi. The van der Waals surface area contributed by atoms with Crippen molar-refractivity contribution in [3.63, 3.8) is 0 Å². The van der Waals surface area contributed by atoms with E-state index in [1.165, 1.54) is 51.4 Å². The number of carbonyl (C=O) groups is 1. The maximum atomic E-state index is 10.9. The predicted octanol–water partition coefficient (Wildman–Crippen LogP) is -2.51. The Morgan fingerprint density at radius 2 is 1.29 bits per heavy atom. The fourth-order valence-corrected chi connectivity index (χ4v) is 1.85. The van der Waals surface area contributed by atoms with Crippen molar-refractivity contribution in [3.05, 3.63) is 0 Å². The van der Waals surface area contributed by atoms with Crippen molar-refractivity contribution in [3.8, 4) is 0 Å². The van der Waals surface area contributed by atoms with Crippen molar-refractivity contribution in [2.75, 3.05) is 0 Å². The molecule has 0 atom stereocenters. The van der Waals surface area contributed by atoms with E-state index in [0.29, 0.717) is 6.42 Å². The van der Waals surface area contributed by atoms with Crippen molar-refractivity contribution in [2.45, 2.75) is 71.1 Å². The first-order valence-corrected chi connectivity index (χ1v) is 7.05. The molecule has 101 valence electrons. The maximum Gasteiger partial charge on any atom is -1.00 e. The molecule has 0 aromatic carbocycles. The van der Waals surface area contributed by atoms with Crippen LogP contribution in [0.1, 0.15) is 71.1 Å². The Bertz CT molecular complexity index is 159. The van der Waals surface area contributed by atoms with Gasteiger partial charge in [-0.25, -0.2) is 0 Å². The molecule has 17 heavy (non-hydrogen) atoms. The molecule has 0 aliphatic heterocycles. The molecule has 2 nitrogen and oxygen atoms in total. The summed E-state index contributed by atoms with van der Waals surface area (Å²) in [5.41, 5.74) is 0. The van der Waals surface area contributed by atoms with Gasteiger partial charge in [-0.1, -0.05) is 6.92 Å². The van der Waals surface area contributed by atoms with Crippen molar-refractivity contribution < 1.29 is 50.3 Å². The number of amides is 1. The van der Waals surface area contributed by atoms with Crippen LogP contribution in [0, 0.1) is 0 Å². The van der Waals surface area contributed by atoms with Crippen LogP contribution in [-0.4, -0.2) is 5.91 Å². The number of hydrogen-bond acceptors (Lipinski definition) is 1. The van der Waals surface area contributed by atoms with Gasteiger partial charge in [-0.05, 0) is 0 Å². The van der Waals surface area contributed by atoms with Crippen molar-refractivity contribution in [1.82, 2.24) is 3.80 Å². The van der Waals surface area contributed by atoms with E-state index in [-0.39, 0.29) is 30.7 Å². The van der Waals surface area contributed by atoms with Gasteiger partial charge in [0, 0.05) is 0 Å². The quantitative estimate of drug-likeness (QED) is 0.350. The van der Waals surface area contributed by atoms with Crippen LogP contribution in [0.3, 0.4) is 0 Å². The van der Waals surface area contributed by atoms with Gasteiger partial charge in [0.1, 0.15) is 0 Å². The molecule has 0 unspecified atom stereocenters. The summed E-state index contributed by atoms with van der Waals surface area (Å²) in [6, 6.07) is 0. The van der Waals surface area contributed by atoms with Crippen LogP contribution >= 0.6 is 0 Å². The molecule has 1 amide bonds. The third-order valence-electron chi connectivity index (χ3n) is 2.65. The van der Waals surface area contributed by atoms with E-state index in [0.717, 1.165) is 6.42 Å². The van der Waals surface area contributed by atoms with Gasteiger partial charge in [-0.2, -0.15) is 0 Å². The first-order chi connectivity index (χ1) is 7.31. The van der Waals surface area contributed by atoms with Gasteiger partial charge in [0.2, 0.25) is 0 Å². The monoisotopic (exact) mass is 316 g/mol. The minimum atomic E-state index is 0. The zero-order chi connectivity index (χ0) is 11.4. The first kappa shape index (κ1) is 22.9. The molecule has 0 bridgehead atoms. The van der Waals surface area contributed by atoms with Gasteiger partial charge in [0.15, 0.2) is 0 Å². The second-order valence-corrected chi connectivity index (χ2v) is 4.52. The molecule has 1 N–H and O–H groups in total. The molecule has 0 saturated heterocycles. The third kappa shape index (κ3) is 19.3. The van der Waals surface area contributed by atoms with Gasteiger partial charge < -0.3 is 24.8 Å². The number of rotatable bonds is 10. The molecule has 0 aliphatic rings. The number of halogens is 2. The minimum Gasteiger partial charge on any atom is -1.00 e. The molecule has 0 spiro atoms. The molecule has 0 saturated carbocycles. The topological polar surface area (TPSA) is 29.1 Å². The standard InChI is InChI=1S/C12H25NO.2ClH.Ti/c1-2-3-4-5-6-7-8-9-10-11-12(13)14;;;/h2-11H2,1H3,(H2,13,14);2*1H;/q;;;+3/p-3. The average Bonchev–Trinajstić information content (AvgIpc) is 2.26. The summed E-state index contributed by atoms with van der Waals surface area (Å²) >= 11 is 1.70. The Kier molecular flexibility index (Phi) is 25.7. The van der Waals surface area contributed by atoms with Gasteiger partial charge >= 0.3 is 99.4 Å². The Balaban J connectivity index is -0.000000980. The molecule has 0 rings (SSSR count). The minimum absolute atomic E-state index is 0. The summed E-state index contributed by atoms with van der Waals surface area (Å²) in [5.74, 6) is 0.179. The van der Waals surface area contributed by atoms with E-state index < -0.39 is 0 Å². The summed E-state index contributed by atoms with van der Waals surface area (Å²) in [6.07, 6.45) is 12.5. The van der Waals surface area contributed by atoms with Crippen LogP contribution in [0.2, 0.25) is 0 Å². The molecule has 5 heteroatoms. The van der Waals surface area contributed by atoms with Crippen LogP contribution < -0.4 is 28.6 Å². The third-order valence-corrected chi connectivity index (χ3v) is 3.08. The van der Waals surface area contributed by atoms with Gasteiger partial charge in [0.25, 0.3) is 0 Å². The summed E-state index contributed by atoms with van der Waals surface area (Å²) in [5, 5.41) is 0. The Morgan fingerprint density at radius 3 is 1.71 bits per heavy atom. The molecule has 0 fully saturated rings. The van der Waals surface area contributed by atoms with Gasteiger partial charge in [-0.15, -0.1) is 0 Å². The molecule has 0 aromatic rings. The van der Waals surface area contributed by atoms with Crippen molar-refractivity contribution in [2.24, 2.45) is 0 Å². The zero-order valence-electron chi connectivity index (χ0n) is 10.7. The second-order valence-electron chi connectivity index (χ2n) is 4.13. The summed E-state index contributed by atoms with van der Waals surface area (Å²) in [7, 11) is 0. The molecular weight excluding hydrogens is 293 g/mol. The van der Waals surface area contributed by atoms with E-state index in [1.807, 2.05) is 0 Å². The maximum absolute atomic E-state index is 10.9. The SMILES string of the molecule is CCCCCCCCCCCC(=O)[NH][Ti+2].[Cl-].[Cl-]. The van der Waals surface area contributed by atoms with Crippen LogP contribution in [0.4, 0.5) is 0 Å². The van der Waals surface area contributed by atoms with Gasteiger partial charge in [-0.3, -0.25) is 0 Å². The predicted molar refractivity (Wildman–Crippen MR) is 60.0 cm³/mol. The Hall–Kier alpha value is 0.764. The second kappa shape index (κ2) is 19.1. The Morgan fingerprint density at radius 1 is 0.882 bits per heavy atom. The zero-order valence-corrected chi connectivity index (χ0v) is 13.8. The van der Waals surface area contributed by atoms with E-state index in [9.17, 15) is 4.79 Å². The molecule has 0 aromatic heterocycles. The van der Waals surface area contributed by atoms with Crippen LogP contribution in [0.5, 0.6) is 0 Å². The van der Waals surface area contributed by atoms with Crippen molar-refractivity contribution in [1.29, 1.82) is 0 Å². The molecule has 0 heterocycles. The summed E-state index contributed by atoms with van der Waals surface area (Å²) in [6.45, 7) is 2.25. The molecule has 0 radical (unpaired) electrons. The number of unbranched alkanes of at least 4 members (excludes halogenated alkanes) is 8. The summed E-state index contributed by atoms with van der Waals surface area (Å²) in [4.78, 5) is 10.9. The molecule has 0 aliphatic carbocycles. The fraction of sp³-hybridized carbons (Fsp3) is 0.917. The normalized spacial score (nSPS) is 9.12. The van der Waals surface area contributed by atoms with E-state index in [4.69, 9.17) is 0 Å². The smallest absolute Gasteiger partial charge is 1.00 e. The largest absolute Gasteiger partial charge is 1.00 e. The van der Waals surface area contributed by atoms with Crippen molar-refractivity contribution >= 4 is 5.91 Å².